The summed E-state index contributed by atoms with van der Waals surface area (Å²) in [6, 6.07) is 19.0. The number of aromatic amines is 1. The lowest BCUT2D eigenvalue weighted by molar-refractivity contribution is 0.262. The first-order chi connectivity index (χ1) is 14.0. The maximum Gasteiger partial charge on any atom is 0.323 e. The van der Waals surface area contributed by atoms with Gasteiger partial charge in [-0.3, -0.25) is 14.6 Å². The second kappa shape index (κ2) is 8.03. The Balaban J connectivity index is 1.52. The maximum absolute atomic E-state index is 12.4. The second-order valence-corrected chi connectivity index (χ2v) is 7.34. The van der Waals surface area contributed by atoms with E-state index in [0.29, 0.717) is 33.4 Å². The molecule has 1 heterocycles. The van der Waals surface area contributed by atoms with Gasteiger partial charge in [-0.2, -0.15) is 0 Å². The minimum Gasteiger partial charge on any atom is -0.308 e. The molecule has 0 spiro atoms. The average Bonchev–Trinajstić information content (AvgIpc) is 3.00. The third-order valence-electron chi connectivity index (χ3n) is 4.38. The van der Waals surface area contributed by atoms with E-state index in [1.54, 1.807) is 47.1 Å². The molecule has 0 aliphatic heterocycles. The number of benzene rings is 3. The van der Waals surface area contributed by atoms with Gasteiger partial charge in [0.1, 0.15) is 0 Å². The zero-order chi connectivity index (χ0) is 20.4. The van der Waals surface area contributed by atoms with Gasteiger partial charge < -0.3 is 10.6 Å². The van der Waals surface area contributed by atoms with Gasteiger partial charge in [0.2, 0.25) is 0 Å². The van der Waals surface area contributed by atoms with E-state index >= 15 is 0 Å². The molecule has 146 valence electrons. The van der Waals surface area contributed by atoms with E-state index in [4.69, 9.17) is 23.2 Å². The Hall–Kier alpha value is -3.22. The Bertz CT molecular complexity index is 1230. The molecule has 2 amide bonds. The summed E-state index contributed by atoms with van der Waals surface area (Å²) >= 11 is 11.8. The van der Waals surface area contributed by atoms with Crippen molar-refractivity contribution >= 4 is 51.5 Å². The van der Waals surface area contributed by atoms with Gasteiger partial charge in [0, 0.05) is 21.4 Å². The van der Waals surface area contributed by atoms with E-state index in [-0.39, 0.29) is 5.56 Å². The van der Waals surface area contributed by atoms with Crippen molar-refractivity contribution in [1.29, 1.82) is 0 Å². The van der Waals surface area contributed by atoms with E-state index < -0.39 is 6.03 Å². The maximum atomic E-state index is 12.4. The number of hydrogen-bond donors (Lipinski definition) is 3. The molecule has 6 nitrogen and oxygen atoms in total. The number of hydrogen-bond acceptors (Lipinski definition) is 2. The summed E-state index contributed by atoms with van der Waals surface area (Å²) in [7, 11) is 0. The molecule has 0 aliphatic carbocycles. The Morgan fingerprint density at radius 3 is 2.14 bits per heavy atom. The smallest absolute Gasteiger partial charge is 0.308 e. The first-order valence-corrected chi connectivity index (χ1v) is 9.54. The summed E-state index contributed by atoms with van der Waals surface area (Å²) in [5.41, 5.74) is 2.65. The summed E-state index contributed by atoms with van der Waals surface area (Å²) in [6.45, 7) is 0.500. The average molecular weight is 427 g/mol. The minimum atomic E-state index is -0.413. The first kappa shape index (κ1) is 19.1. The van der Waals surface area contributed by atoms with Crippen molar-refractivity contribution in [3.8, 4) is 0 Å². The third kappa shape index (κ3) is 4.45. The van der Waals surface area contributed by atoms with Crippen LogP contribution >= 0.6 is 23.2 Å². The molecule has 0 unspecified atom stereocenters. The molecule has 0 fully saturated rings. The second-order valence-electron chi connectivity index (χ2n) is 6.47. The number of rotatable bonds is 4. The SMILES string of the molecule is O=C(Nc1ccc(Cl)cc1)Nc1ccc2c(c1)c(=O)[nH]n2Cc1ccc(Cl)cc1. The zero-order valence-electron chi connectivity index (χ0n) is 15.1. The molecule has 3 aromatic carbocycles. The van der Waals surface area contributed by atoms with Crippen LogP contribution in [0.2, 0.25) is 10.0 Å². The number of nitrogens with one attached hydrogen (secondary N) is 3. The van der Waals surface area contributed by atoms with Gasteiger partial charge in [0.25, 0.3) is 5.56 Å². The molecule has 3 N–H and O–H groups in total. The normalized spacial score (nSPS) is 10.8. The Kier molecular flexibility index (Phi) is 5.29. The van der Waals surface area contributed by atoms with E-state index in [2.05, 4.69) is 15.7 Å². The topological polar surface area (TPSA) is 78.9 Å². The van der Waals surface area contributed by atoms with Crippen LogP contribution in [0, 0.1) is 0 Å². The van der Waals surface area contributed by atoms with Gasteiger partial charge in [-0.25, -0.2) is 4.79 Å². The molecule has 0 aliphatic rings. The monoisotopic (exact) mass is 426 g/mol. The fraction of sp³-hybridized carbons (Fsp3) is 0.0476. The molecule has 0 atom stereocenters. The lowest BCUT2D eigenvalue weighted by Crippen LogP contribution is -2.19. The number of amides is 2. The third-order valence-corrected chi connectivity index (χ3v) is 4.89. The van der Waals surface area contributed by atoms with Gasteiger partial charge in [0.15, 0.2) is 0 Å². The molecule has 29 heavy (non-hydrogen) atoms. The van der Waals surface area contributed by atoms with Crippen LogP contribution in [0.4, 0.5) is 16.2 Å². The van der Waals surface area contributed by atoms with Gasteiger partial charge in [-0.05, 0) is 60.2 Å². The standard InChI is InChI=1S/C21H16Cl2N4O2/c22-14-3-1-13(2-4-14)12-27-19-10-9-17(11-18(19)20(28)26-27)25-21(29)24-16-7-5-15(23)6-8-16/h1-11H,12H2,(H,26,28)(H2,24,25,29). The summed E-state index contributed by atoms with van der Waals surface area (Å²) in [5, 5.41) is 10.0. The number of urea groups is 1. The van der Waals surface area contributed by atoms with Crippen molar-refractivity contribution in [3.05, 3.63) is 92.7 Å². The van der Waals surface area contributed by atoms with Crippen molar-refractivity contribution < 1.29 is 4.79 Å². The highest BCUT2D eigenvalue weighted by molar-refractivity contribution is 6.30. The predicted molar refractivity (Wildman–Crippen MR) is 117 cm³/mol. The van der Waals surface area contributed by atoms with Crippen LogP contribution in [-0.4, -0.2) is 15.8 Å². The highest BCUT2D eigenvalue weighted by Gasteiger charge is 2.10. The highest BCUT2D eigenvalue weighted by Crippen LogP contribution is 2.19. The number of fused-ring (bicyclic) bond motifs is 1. The molecular weight excluding hydrogens is 411 g/mol. The Morgan fingerprint density at radius 2 is 1.45 bits per heavy atom. The number of aromatic nitrogens is 2. The van der Waals surface area contributed by atoms with Gasteiger partial charge >= 0.3 is 6.03 Å². The molecule has 0 bridgehead atoms. The van der Waals surface area contributed by atoms with Crippen molar-refractivity contribution in [3.63, 3.8) is 0 Å². The molecule has 0 saturated heterocycles. The fourth-order valence-electron chi connectivity index (χ4n) is 3.00. The first-order valence-electron chi connectivity index (χ1n) is 8.78. The van der Waals surface area contributed by atoms with E-state index in [1.807, 2.05) is 24.3 Å². The number of anilines is 2. The number of nitrogens with zero attached hydrogens (tertiary/aromatic N) is 1. The van der Waals surface area contributed by atoms with Crippen LogP contribution in [0.25, 0.3) is 10.9 Å². The Labute approximate surface area is 176 Å². The molecule has 1 aromatic heterocycles. The molecule has 8 heteroatoms. The van der Waals surface area contributed by atoms with Crippen LogP contribution in [-0.2, 0) is 6.54 Å². The van der Waals surface area contributed by atoms with Crippen LogP contribution in [0.3, 0.4) is 0 Å². The lowest BCUT2D eigenvalue weighted by atomic mass is 10.2. The summed E-state index contributed by atoms with van der Waals surface area (Å²) in [5.74, 6) is 0. The van der Waals surface area contributed by atoms with Gasteiger partial charge in [0.05, 0.1) is 17.4 Å². The van der Waals surface area contributed by atoms with Crippen LogP contribution in [0.5, 0.6) is 0 Å². The molecule has 4 aromatic rings. The van der Waals surface area contributed by atoms with E-state index in [9.17, 15) is 9.59 Å². The molecule has 4 rings (SSSR count). The van der Waals surface area contributed by atoms with Crippen molar-refractivity contribution in [1.82, 2.24) is 9.78 Å². The van der Waals surface area contributed by atoms with Gasteiger partial charge in [-0.1, -0.05) is 35.3 Å². The predicted octanol–water partition coefficient (Wildman–Crippen LogP) is 5.33. The molecular formula is C21H16Cl2N4O2. The largest absolute Gasteiger partial charge is 0.323 e. The van der Waals surface area contributed by atoms with Crippen LogP contribution in [0.1, 0.15) is 5.56 Å². The minimum absolute atomic E-state index is 0.226. The van der Waals surface area contributed by atoms with Crippen molar-refractivity contribution in [2.75, 3.05) is 10.6 Å². The van der Waals surface area contributed by atoms with Gasteiger partial charge in [-0.15, -0.1) is 0 Å². The highest BCUT2D eigenvalue weighted by atomic mass is 35.5. The quantitative estimate of drug-likeness (QED) is 0.412. The number of carbonyl (C=O) groups is 1. The number of halogens is 2. The van der Waals surface area contributed by atoms with Crippen LogP contribution in [0.15, 0.2) is 71.5 Å². The van der Waals surface area contributed by atoms with E-state index in [0.717, 1.165) is 11.1 Å². The molecule has 0 radical (unpaired) electrons. The number of H-pyrrole nitrogens is 1. The van der Waals surface area contributed by atoms with Crippen molar-refractivity contribution in [2.45, 2.75) is 6.54 Å². The fourth-order valence-corrected chi connectivity index (χ4v) is 3.25. The lowest BCUT2D eigenvalue weighted by Gasteiger charge is -2.08. The van der Waals surface area contributed by atoms with E-state index in [1.165, 1.54) is 0 Å². The summed E-state index contributed by atoms with van der Waals surface area (Å²) < 4.78 is 1.76. The zero-order valence-corrected chi connectivity index (χ0v) is 16.6. The van der Waals surface area contributed by atoms with Crippen molar-refractivity contribution in [2.24, 2.45) is 0 Å². The summed E-state index contributed by atoms with van der Waals surface area (Å²) in [4.78, 5) is 24.6. The Morgan fingerprint density at radius 1 is 0.862 bits per heavy atom. The van der Waals surface area contributed by atoms with Crippen LogP contribution < -0.4 is 16.2 Å². The summed E-state index contributed by atoms with van der Waals surface area (Å²) in [6.07, 6.45) is 0. The molecule has 0 saturated carbocycles. The number of carbonyl (C=O) groups excluding carboxylic acids is 1.